The zero-order valence-electron chi connectivity index (χ0n) is 13.2. The van der Waals surface area contributed by atoms with Gasteiger partial charge in [0.1, 0.15) is 11.6 Å². The number of nitrogens with two attached hydrogens (primary N) is 2. The second kappa shape index (κ2) is 5.99. The van der Waals surface area contributed by atoms with Crippen molar-refractivity contribution in [2.75, 3.05) is 11.1 Å². The number of nitrogens with one attached hydrogen (secondary N) is 1. The number of hydrogen-bond donors (Lipinski definition) is 3. The highest BCUT2D eigenvalue weighted by Gasteiger charge is 2.12. The predicted octanol–water partition coefficient (Wildman–Crippen LogP) is 2.17. The number of benzene rings is 1. The highest BCUT2D eigenvalue weighted by Crippen LogP contribution is 2.25. The van der Waals surface area contributed by atoms with Crippen LogP contribution in [0.4, 0.5) is 17.5 Å². The van der Waals surface area contributed by atoms with E-state index in [0.717, 1.165) is 11.3 Å². The summed E-state index contributed by atoms with van der Waals surface area (Å²) in [5.74, 6) is 1.16. The summed E-state index contributed by atoms with van der Waals surface area (Å²) in [5.41, 5.74) is 13.7. The van der Waals surface area contributed by atoms with Crippen molar-refractivity contribution >= 4 is 23.4 Å². The maximum Gasteiger partial charge on any atom is 0.248 e. The number of carbonyl (C=O) groups excluding carboxylic acids is 1. The lowest BCUT2D eigenvalue weighted by Crippen LogP contribution is -2.12. The summed E-state index contributed by atoms with van der Waals surface area (Å²) in [6.45, 7) is 3.59. The van der Waals surface area contributed by atoms with Crippen molar-refractivity contribution in [1.29, 1.82) is 0 Å². The minimum atomic E-state index is -0.467. The third kappa shape index (κ3) is 3.02. The maximum atomic E-state index is 11.3. The fourth-order valence-electron chi connectivity index (χ4n) is 2.25. The fraction of sp³-hybridized carbons (Fsp3) is 0.125. The molecule has 0 radical (unpaired) electrons. The van der Waals surface area contributed by atoms with Gasteiger partial charge in [-0.15, -0.1) is 0 Å². The van der Waals surface area contributed by atoms with Crippen LogP contribution < -0.4 is 16.8 Å². The lowest BCUT2D eigenvalue weighted by atomic mass is 10.1. The van der Waals surface area contributed by atoms with E-state index in [-0.39, 0.29) is 5.82 Å². The largest absolute Gasteiger partial charge is 0.441 e. The molecule has 0 atom stereocenters. The number of rotatable bonds is 4. The van der Waals surface area contributed by atoms with Gasteiger partial charge in [0.05, 0.1) is 11.8 Å². The summed E-state index contributed by atoms with van der Waals surface area (Å²) in [7, 11) is 0. The molecular formula is C16H16N6O2. The van der Waals surface area contributed by atoms with Crippen LogP contribution in [-0.4, -0.2) is 20.9 Å². The molecule has 3 rings (SSSR count). The van der Waals surface area contributed by atoms with E-state index in [9.17, 15) is 4.79 Å². The summed E-state index contributed by atoms with van der Waals surface area (Å²) in [5, 5.41) is 3.03. The molecule has 0 spiro atoms. The van der Waals surface area contributed by atoms with E-state index in [1.54, 1.807) is 44.4 Å². The first kappa shape index (κ1) is 15.5. The van der Waals surface area contributed by atoms with Gasteiger partial charge >= 0.3 is 0 Å². The van der Waals surface area contributed by atoms with E-state index in [1.165, 1.54) is 0 Å². The SMILES string of the molecule is Cc1cnc(-c2cnc(Nc3ccc(C(N)=O)c(C)c3)nc2N)o1. The molecule has 8 heteroatoms. The van der Waals surface area contributed by atoms with Gasteiger partial charge in [-0.05, 0) is 37.6 Å². The van der Waals surface area contributed by atoms with Gasteiger partial charge in [-0.25, -0.2) is 9.97 Å². The Morgan fingerprint density at radius 3 is 2.58 bits per heavy atom. The smallest absolute Gasteiger partial charge is 0.248 e. The highest BCUT2D eigenvalue weighted by molar-refractivity contribution is 5.94. The summed E-state index contributed by atoms with van der Waals surface area (Å²) >= 11 is 0. The summed E-state index contributed by atoms with van der Waals surface area (Å²) < 4.78 is 5.42. The molecule has 24 heavy (non-hydrogen) atoms. The van der Waals surface area contributed by atoms with Crippen LogP contribution in [0.1, 0.15) is 21.7 Å². The van der Waals surface area contributed by atoms with Crippen LogP contribution in [0.15, 0.2) is 35.0 Å². The molecule has 3 aromatic rings. The average Bonchev–Trinajstić information content (AvgIpc) is 2.93. The number of amides is 1. The number of aromatic nitrogens is 3. The van der Waals surface area contributed by atoms with Crippen LogP contribution in [0.25, 0.3) is 11.5 Å². The lowest BCUT2D eigenvalue weighted by molar-refractivity contribution is 0.0999. The number of oxazole rings is 1. The van der Waals surface area contributed by atoms with Crippen LogP contribution in [-0.2, 0) is 0 Å². The van der Waals surface area contributed by atoms with Crippen LogP contribution in [0, 0.1) is 13.8 Å². The van der Waals surface area contributed by atoms with Crippen LogP contribution in [0.5, 0.6) is 0 Å². The minimum Gasteiger partial charge on any atom is -0.441 e. The molecule has 122 valence electrons. The number of primary amides is 1. The number of hydrogen-bond acceptors (Lipinski definition) is 7. The molecular weight excluding hydrogens is 308 g/mol. The Kier molecular flexibility index (Phi) is 3.87. The molecule has 8 nitrogen and oxygen atoms in total. The van der Waals surface area contributed by atoms with Crippen molar-refractivity contribution in [2.45, 2.75) is 13.8 Å². The van der Waals surface area contributed by atoms with E-state index < -0.39 is 5.91 Å². The van der Waals surface area contributed by atoms with Gasteiger partial charge < -0.3 is 21.2 Å². The molecule has 0 fully saturated rings. The van der Waals surface area contributed by atoms with E-state index in [2.05, 4.69) is 20.3 Å². The molecule has 0 aliphatic heterocycles. The molecule has 0 aliphatic rings. The first-order valence-electron chi connectivity index (χ1n) is 7.17. The highest BCUT2D eigenvalue weighted by atomic mass is 16.4. The van der Waals surface area contributed by atoms with Crippen LogP contribution in [0.2, 0.25) is 0 Å². The molecule has 2 aromatic heterocycles. The first-order valence-corrected chi connectivity index (χ1v) is 7.17. The molecule has 0 saturated carbocycles. The first-order chi connectivity index (χ1) is 11.4. The number of carbonyl (C=O) groups is 1. The minimum absolute atomic E-state index is 0.250. The number of nitrogens with zero attached hydrogens (tertiary/aromatic N) is 3. The van der Waals surface area contributed by atoms with Gasteiger partial charge in [-0.1, -0.05) is 0 Å². The van der Waals surface area contributed by atoms with E-state index in [1.807, 2.05) is 0 Å². The Morgan fingerprint density at radius 1 is 1.21 bits per heavy atom. The Labute approximate surface area is 137 Å². The van der Waals surface area contributed by atoms with Gasteiger partial charge in [0, 0.05) is 17.4 Å². The number of nitrogen functional groups attached to an aromatic ring is 1. The third-order valence-corrected chi connectivity index (χ3v) is 3.42. The van der Waals surface area contributed by atoms with Crippen molar-refractivity contribution in [3.8, 4) is 11.5 Å². The average molecular weight is 324 g/mol. The molecule has 1 aromatic carbocycles. The molecule has 0 bridgehead atoms. The second-order valence-electron chi connectivity index (χ2n) is 5.29. The van der Waals surface area contributed by atoms with Crippen molar-refractivity contribution in [1.82, 2.24) is 15.0 Å². The van der Waals surface area contributed by atoms with E-state index >= 15 is 0 Å². The van der Waals surface area contributed by atoms with Gasteiger partial charge in [-0.3, -0.25) is 4.79 Å². The third-order valence-electron chi connectivity index (χ3n) is 3.42. The fourth-order valence-corrected chi connectivity index (χ4v) is 2.25. The van der Waals surface area contributed by atoms with E-state index in [0.29, 0.717) is 28.7 Å². The Hall–Kier alpha value is -3.42. The topological polar surface area (TPSA) is 133 Å². The van der Waals surface area contributed by atoms with Crippen LogP contribution >= 0.6 is 0 Å². The molecule has 0 unspecified atom stereocenters. The molecule has 1 amide bonds. The second-order valence-corrected chi connectivity index (χ2v) is 5.29. The summed E-state index contributed by atoms with van der Waals surface area (Å²) in [4.78, 5) is 23.8. The zero-order valence-corrected chi connectivity index (χ0v) is 13.2. The van der Waals surface area contributed by atoms with Crippen molar-refractivity contribution in [3.63, 3.8) is 0 Å². The standard InChI is InChI=1S/C16H16N6O2/c1-8-5-10(3-4-11(8)14(18)23)21-16-20-7-12(13(17)22-16)15-19-6-9(2)24-15/h3-7H,1-2H3,(H2,18,23)(H3,17,20,21,22). The monoisotopic (exact) mass is 324 g/mol. The van der Waals surface area contributed by atoms with Gasteiger partial charge in [-0.2, -0.15) is 4.98 Å². The molecule has 5 N–H and O–H groups in total. The molecule has 2 heterocycles. The Morgan fingerprint density at radius 2 is 2.00 bits per heavy atom. The Bertz CT molecular complexity index is 919. The van der Waals surface area contributed by atoms with Crippen LogP contribution in [0.3, 0.4) is 0 Å². The van der Waals surface area contributed by atoms with Crippen molar-refractivity contribution < 1.29 is 9.21 Å². The maximum absolute atomic E-state index is 11.3. The van der Waals surface area contributed by atoms with Crippen molar-refractivity contribution in [3.05, 3.63) is 47.5 Å². The zero-order chi connectivity index (χ0) is 17.3. The summed E-state index contributed by atoms with van der Waals surface area (Å²) in [6, 6.07) is 5.15. The van der Waals surface area contributed by atoms with Gasteiger partial charge in [0.15, 0.2) is 0 Å². The van der Waals surface area contributed by atoms with Gasteiger partial charge in [0.25, 0.3) is 0 Å². The number of aryl methyl sites for hydroxylation is 2. The molecule has 0 aliphatic carbocycles. The molecule has 0 saturated heterocycles. The van der Waals surface area contributed by atoms with Crippen molar-refractivity contribution in [2.24, 2.45) is 5.73 Å². The normalized spacial score (nSPS) is 10.6. The number of anilines is 3. The quantitative estimate of drug-likeness (QED) is 0.669. The van der Waals surface area contributed by atoms with Gasteiger partial charge in [0.2, 0.25) is 17.7 Å². The van der Waals surface area contributed by atoms with E-state index in [4.69, 9.17) is 15.9 Å². The Balaban J connectivity index is 1.85. The summed E-state index contributed by atoms with van der Waals surface area (Å²) in [6.07, 6.45) is 3.14. The lowest BCUT2D eigenvalue weighted by Gasteiger charge is -2.09. The predicted molar refractivity (Wildman–Crippen MR) is 89.7 cm³/mol.